The molecule has 20 heavy (non-hydrogen) atoms. The molecule has 1 aromatic carbocycles. The van der Waals surface area contributed by atoms with Crippen molar-refractivity contribution in [2.45, 2.75) is 46.1 Å². The van der Waals surface area contributed by atoms with E-state index in [9.17, 15) is 4.79 Å². The lowest BCUT2D eigenvalue weighted by Gasteiger charge is -2.27. The van der Waals surface area contributed by atoms with E-state index >= 15 is 0 Å². The van der Waals surface area contributed by atoms with Crippen molar-refractivity contribution >= 4 is 17.7 Å². The molecule has 1 atom stereocenters. The molecule has 2 N–H and O–H groups in total. The minimum absolute atomic E-state index is 0.0789. The van der Waals surface area contributed by atoms with Crippen molar-refractivity contribution < 1.29 is 4.79 Å². The summed E-state index contributed by atoms with van der Waals surface area (Å²) in [5.74, 6) is 0.0789. The molecule has 3 nitrogen and oxygen atoms in total. The number of carbonyl (C=O) groups excluding carboxylic acids is 1. The number of hydrogen-bond donors (Lipinski definition) is 1. The fourth-order valence-electron chi connectivity index (χ4n) is 2.02. The van der Waals surface area contributed by atoms with E-state index in [1.54, 1.807) is 6.08 Å². The molecule has 0 aliphatic rings. The van der Waals surface area contributed by atoms with Crippen LogP contribution in [0.3, 0.4) is 0 Å². The molecule has 0 fully saturated rings. The predicted molar refractivity (Wildman–Crippen MR) is 86.3 cm³/mol. The summed E-state index contributed by atoms with van der Waals surface area (Å²) in [4.78, 5) is 14.3. The fraction of sp³-hybridized carbons (Fsp3) is 0.471. The van der Waals surface area contributed by atoms with Crippen LogP contribution < -0.4 is 5.73 Å². The van der Waals surface area contributed by atoms with Gasteiger partial charge in [-0.2, -0.15) is 0 Å². The van der Waals surface area contributed by atoms with Gasteiger partial charge in [0.1, 0.15) is 0 Å². The number of rotatable bonds is 7. The summed E-state index contributed by atoms with van der Waals surface area (Å²) in [6.07, 6.45) is 6.60. The summed E-state index contributed by atoms with van der Waals surface area (Å²) in [5, 5.41) is 0. The smallest absolute Gasteiger partial charge is 0.246 e. The van der Waals surface area contributed by atoms with E-state index < -0.39 is 0 Å². The Labute approximate surface area is 122 Å². The minimum Gasteiger partial charge on any atom is -0.399 e. The number of anilines is 1. The second kappa shape index (κ2) is 8.41. The number of nitrogens with zero attached hydrogens (tertiary/aromatic N) is 1. The van der Waals surface area contributed by atoms with Crippen LogP contribution >= 0.6 is 0 Å². The molecule has 0 aliphatic carbocycles. The van der Waals surface area contributed by atoms with Gasteiger partial charge in [0, 0.05) is 24.4 Å². The van der Waals surface area contributed by atoms with Gasteiger partial charge < -0.3 is 10.6 Å². The van der Waals surface area contributed by atoms with Crippen LogP contribution in [0.4, 0.5) is 5.69 Å². The average molecular weight is 274 g/mol. The number of nitrogens with two attached hydrogens (primary N) is 1. The summed E-state index contributed by atoms with van der Waals surface area (Å²) in [5.41, 5.74) is 7.40. The number of nitrogen functional groups attached to an aromatic ring is 1. The van der Waals surface area contributed by atoms with Crippen molar-refractivity contribution in [2.75, 3.05) is 12.3 Å². The second-order valence-electron chi connectivity index (χ2n) is 5.15. The largest absolute Gasteiger partial charge is 0.399 e. The van der Waals surface area contributed by atoms with Gasteiger partial charge in [0.25, 0.3) is 0 Å². The summed E-state index contributed by atoms with van der Waals surface area (Å²) < 4.78 is 0. The van der Waals surface area contributed by atoms with Crippen molar-refractivity contribution in [3.63, 3.8) is 0 Å². The number of carbonyl (C=O) groups is 1. The Morgan fingerprint density at radius 2 is 2.15 bits per heavy atom. The molecular formula is C17H26N2O. The molecule has 1 amide bonds. The Balaban J connectivity index is 2.74. The van der Waals surface area contributed by atoms with Gasteiger partial charge in [0.2, 0.25) is 5.91 Å². The number of benzene rings is 1. The van der Waals surface area contributed by atoms with Gasteiger partial charge in [-0.25, -0.2) is 0 Å². The van der Waals surface area contributed by atoms with Crippen LogP contribution in [0.1, 0.15) is 45.6 Å². The number of unbranched alkanes of at least 4 members (excludes halogenated alkanes) is 1. The van der Waals surface area contributed by atoms with Gasteiger partial charge in [-0.15, -0.1) is 0 Å². The molecule has 0 aliphatic heterocycles. The van der Waals surface area contributed by atoms with E-state index in [0.717, 1.165) is 31.4 Å². The highest BCUT2D eigenvalue weighted by Crippen LogP contribution is 2.11. The van der Waals surface area contributed by atoms with Gasteiger partial charge in [-0.05, 0) is 43.5 Å². The lowest BCUT2D eigenvalue weighted by molar-refractivity contribution is -0.128. The van der Waals surface area contributed by atoms with Gasteiger partial charge in [0.05, 0.1) is 0 Å². The third-order valence-electron chi connectivity index (χ3n) is 3.49. The van der Waals surface area contributed by atoms with Crippen LogP contribution in [-0.4, -0.2) is 23.4 Å². The average Bonchev–Trinajstić information content (AvgIpc) is 2.45. The molecular weight excluding hydrogens is 248 g/mol. The van der Waals surface area contributed by atoms with Crippen LogP contribution in [-0.2, 0) is 4.79 Å². The third-order valence-corrected chi connectivity index (χ3v) is 3.49. The lowest BCUT2D eigenvalue weighted by Crippen LogP contribution is -2.37. The standard InChI is InChI=1S/C17H26N2O/c1-4-6-12-19(14(3)5-2)17(20)11-10-15-8-7-9-16(18)13-15/h7-11,13-14H,4-6,12,18H2,1-3H3/b11-10+. The number of hydrogen-bond acceptors (Lipinski definition) is 2. The molecule has 110 valence electrons. The van der Waals surface area contributed by atoms with E-state index in [1.165, 1.54) is 0 Å². The molecule has 1 aromatic rings. The number of amides is 1. The van der Waals surface area contributed by atoms with Crippen LogP contribution in [0, 0.1) is 0 Å². The molecule has 1 rings (SSSR count). The highest BCUT2D eigenvalue weighted by Gasteiger charge is 2.15. The molecule has 0 saturated carbocycles. The maximum atomic E-state index is 12.3. The first-order valence-electron chi connectivity index (χ1n) is 7.42. The first-order valence-corrected chi connectivity index (χ1v) is 7.42. The van der Waals surface area contributed by atoms with Gasteiger partial charge in [0.15, 0.2) is 0 Å². The summed E-state index contributed by atoms with van der Waals surface area (Å²) in [6.45, 7) is 7.17. The highest BCUT2D eigenvalue weighted by molar-refractivity contribution is 5.92. The second-order valence-corrected chi connectivity index (χ2v) is 5.15. The maximum Gasteiger partial charge on any atom is 0.246 e. The van der Waals surface area contributed by atoms with Crippen molar-refractivity contribution in [3.05, 3.63) is 35.9 Å². The SMILES string of the molecule is CCCCN(C(=O)/C=C/c1cccc(N)c1)C(C)CC. The zero-order chi connectivity index (χ0) is 15.0. The fourth-order valence-corrected chi connectivity index (χ4v) is 2.02. The summed E-state index contributed by atoms with van der Waals surface area (Å²) >= 11 is 0. The van der Waals surface area contributed by atoms with E-state index in [-0.39, 0.29) is 11.9 Å². The van der Waals surface area contributed by atoms with E-state index in [2.05, 4.69) is 20.8 Å². The van der Waals surface area contributed by atoms with Crippen LogP contribution in [0.2, 0.25) is 0 Å². The molecule has 0 heterocycles. The molecule has 0 spiro atoms. The van der Waals surface area contributed by atoms with Crippen LogP contribution in [0.15, 0.2) is 30.3 Å². The Morgan fingerprint density at radius 3 is 2.75 bits per heavy atom. The summed E-state index contributed by atoms with van der Waals surface area (Å²) in [6, 6.07) is 7.82. The molecule has 0 radical (unpaired) electrons. The Bertz CT molecular complexity index is 454. The predicted octanol–water partition coefficient (Wildman–Crippen LogP) is 3.71. The lowest BCUT2D eigenvalue weighted by atomic mass is 10.1. The zero-order valence-corrected chi connectivity index (χ0v) is 12.8. The Kier molecular flexibility index (Phi) is 6.85. The van der Waals surface area contributed by atoms with Crippen molar-refractivity contribution in [1.82, 2.24) is 4.90 Å². The van der Waals surface area contributed by atoms with E-state index in [1.807, 2.05) is 35.2 Å². The maximum absolute atomic E-state index is 12.3. The third kappa shape index (κ3) is 5.08. The van der Waals surface area contributed by atoms with Crippen molar-refractivity contribution in [3.8, 4) is 0 Å². The zero-order valence-electron chi connectivity index (χ0n) is 12.8. The molecule has 1 unspecified atom stereocenters. The monoisotopic (exact) mass is 274 g/mol. The quantitative estimate of drug-likeness (QED) is 0.608. The Morgan fingerprint density at radius 1 is 1.40 bits per heavy atom. The van der Waals surface area contributed by atoms with Crippen LogP contribution in [0.25, 0.3) is 6.08 Å². The minimum atomic E-state index is 0.0789. The van der Waals surface area contributed by atoms with E-state index in [4.69, 9.17) is 5.73 Å². The van der Waals surface area contributed by atoms with Gasteiger partial charge in [-0.1, -0.05) is 32.4 Å². The highest BCUT2D eigenvalue weighted by atomic mass is 16.2. The molecule has 0 bridgehead atoms. The van der Waals surface area contributed by atoms with Gasteiger partial charge >= 0.3 is 0 Å². The van der Waals surface area contributed by atoms with E-state index in [0.29, 0.717) is 5.69 Å². The van der Waals surface area contributed by atoms with Gasteiger partial charge in [-0.3, -0.25) is 4.79 Å². The molecule has 3 heteroatoms. The molecule has 0 saturated heterocycles. The van der Waals surface area contributed by atoms with Crippen LogP contribution in [0.5, 0.6) is 0 Å². The first kappa shape index (κ1) is 16.3. The Hall–Kier alpha value is -1.77. The topological polar surface area (TPSA) is 46.3 Å². The molecule has 0 aromatic heterocycles. The normalized spacial score (nSPS) is 12.6. The summed E-state index contributed by atoms with van der Waals surface area (Å²) in [7, 11) is 0. The first-order chi connectivity index (χ1) is 9.58. The van der Waals surface area contributed by atoms with Crippen molar-refractivity contribution in [1.29, 1.82) is 0 Å². The van der Waals surface area contributed by atoms with Crippen molar-refractivity contribution in [2.24, 2.45) is 0 Å².